The quantitative estimate of drug-likeness (QED) is 0.198. The van der Waals surface area contributed by atoms with Crippen LogP contribution in [0.5, 0.6) is 0 Å². The van der Waals surface area contributed by atoms with E-state index in [9.17, 15) is 0 Å². The Bertz CT molecular complexity index is 2740. The zero-order valence-electron chi connectivity index (χ0n) is 22.9. The van der Waals surface area contributed by atoms with Crippen LogP contribution >= 0.6 is 22.7 Å². The highest BCUT2D eigenvalue weighted by molar-refractivity contribution is 7.28. The van der Waals surface area contributed by atoms with Gasteiger partial charge in [-0.2, -0.15) is 0 Å². The molecule has 0 bridgehead atoms. The Morgan fingerprint density at radius 2 is 1.21 bits per heavy atom. The Kier molecular flexibility index (Phi) is 4.78. The van der Waals surface area contributed by atoms with Gasteiger partial charge in [-0.3, -0.25) is 0 Å². The van der Waals surface area contributed by atoms with Gasteiger partial charge < -0.3 is 4.57 Å². The summed E-state index contributed by atoms with van der Waals surface area (Å²) in [4.78, 5) is 5.21. The number of hydrogen-bond acceptors (Lipinski definition) is 3. The molecule has 0 fully saturated rings. The highest BCUT2D eigenvalue weighted by atomic mass is 32.1. The molecule has 0 spiro atoms. The van der Waals surface area contributed by atoms with Gasteiger partial charge in [-0.15, -0.1) is 22.7 Å². The minimum atomic E-state index is 1.06. The second-order valence-electron chi connectivity index (χ2n) is 11.1. The fraction of sp³-hybridized carbons (Fsp3) is 0. The van der Waals surface area contributed by atoms with Crippen LogP contribution in [-0.2, 0) is 0 Å². The van der Waals surface area contributed by atoms with Gasteiger partial charge in [0.1, 0.15) is 5.01 Å². The molecule has 0 saturated carbocycles. The molecule has 4 heteroatoms. The molecule has 0 aliphatic heterocycles. The number of nitrogens with zero attached hydrogens (tertiary/aromatic N) is 2. The molecular weight excluding hydrogens is 561 g/mol. The van der Waals surface area contributed by atoms with E-state index in [0.29, 0.717) is 0 Å². The van der Waals surface area contributed by atoms with Crippen molar-refractivity contribution in [3.63, 3.8) is 0 Å². The number of para-hydroxylation sites is 1. The number of benzene rings is 7. The number of fused-ring (bicyclic) bond motifs is 11. The van der Waals surface area contributed by atoms with E-state index >= 15 is 0 Å². The average Bonchev–Trinajstić information content (AvgIpc) is 3.76. The first kappa shape index (κ1) is 23.5. The van der Waals surface area contributed by atoms with E-state index in [1.54, 1.807) is 0 Å². The second kappa shape index (κ2) is 8.74. The van der Waals surface area contributed by atoms with E-state index < -0.39 is 0 Å². The zero-order chi connectivity index (χ0) is 28.1. The monoisotopic (exact) mass is 582 g/mol. The Hall–Kier alpha value is -5.03. The third-order valence-electron chi connectivity index (χ3n) is 8.83. The molecule has 0 amide bonds. The maximum absolute atomic E-state index is 5.21. The molecule has 0 radical (unpaired) electrons. The van der Waals surface area contributed by atoms with Gasteiger partial charge >= 0.3 is 0 Å². The minimum absolute atomic E-state index is 1.06. The molecule has 43 heavy (non-hydrogen) atoms. The number of thiazole rings is 1. The van der Waals surface area contributed by atoms with E-state index in [2.05, 4.69) is 138 Å². The van der Waals surface area contributed by atoms with Crippen molar-refractivity contribution in [2.24, 2.45) is 0 Å². The number of rotatable bonds is 2. The first-order valence-electron chi connectivity index (χ1n) is 14.5. The van der Waals surface area contributed by atoms with Gasteiger partial charge in [0.2, 0.25) is 0 Å². The lowest BCUT2D eigenvalue weighted by atomic mass is 10.0. The van der Waals surface area contributed by atoms with E-state index in [1.165, 1.54) is 79.5 Å². The minimum Gasteiger partial charge on any atom is -0.309 e. The summed E-state index contributed by atoms with van der Waals surface area (Å²) in [6.45, 7) is 0. The van der Waals surface area contributed by atoms with Crippen LogP contribution < -0.4 is 0 Å². The summed E-state index contributed by atoms with van der Waals surface area (Å²) in [6, 6.07) is 48.6. The summed E-state index contributed by atoms with van der Waals surface area (Å²) in [5.41, 5.74) is 5.88. The van der Waals surface area contributed by atoms with Crippen molar-refractivity contribution in [1.29, 1.82) is 0 Å². The summed E-state index contributed by atoms with van der Waals surface area (Å²) in [5, 5.41) is 11.3. The van der Waals surface area contributed by atoms with Crippen LogP contribution in [0.4, 0.5) is 0 Å². The first-order chi connectivity index (χ1) is 21.3. The Morgan fingerprint density at radius 1 is 0.465 bits per heavy atom. The van der Waals surface area contributed by atoms with E-state index in [0.717, 1.165) is 10.5 Å². The zero-order valence-corrected chi connectivity index (χ0v) is 24.5. The van der Waals surface area contributed by atoms with Gasteiger partial charge in [0.25, 0.3) is 0 Å². The molecule has 3 heterocycles. The molecule has 0 aliphatic carbocycles. The fourth-order valence-corrected chi connectivity index (χ4v) is 9.32. The van der Waals surface area contributed by atoms with Crippen molar-refractivity contribution in [1.82, 2.24) is 9.55 Å². The topological polar surface area (TPSA) is 17.8 Å². The van der Waals surface area contributed by atoms with Crippen molar-refractivity contribution < 1.29 is 0 Å². The molecule has 7 aromatic carbocycles. The van der Waals surface area contributed by atoms with Gasteiger partial charge in [0, 0.05) is 41.9 Å². The highest BCUT2D eigenvalue weighted by Gasteiger charge is 2.19. The molecule has 2 nitrogen and oxygen atoms in total. The Balaban J connectivity index is 1.26. The lowest BCUT2D eigenvalue weighted by Gasteiger charge is -2.14. The molecule has 3 aromatic heterocycles. The SMILES string of the molecule is c1ccc2c(c1)ccc1c2c2ccccc2n1-c1ccc(-c2nc3ccc4sc5ccccc5c4c3s2)c2ccccc12. The first-order valence-corrected chi connectivity index (χ1v) is 16.1. The van der Waals surface area contributed by atoms with Gasteiger partial charge in [-0.25, -0.2) is 4.98 Å². The summed E-state index contributed by atoms with van der Waals surface area (Å²) in [7, 11) is 0. The fourth-order valence-electron chi connectivity index (χ4n) is 6.97. The third kappa shape index (κ3) is 3.25. The van der Waals surface area contributed by atoms with Crippen molar-refractivity contribution in [3.05, 3.63) is 133 Å². The van der Waals surface area contributed by atoms with Crippen LogP contribution in [0.1, 0.15) is 0 Å². The predicted molar refractivity (Wildman–Crippen MR) is 187 cm³/mol. The molecular formula is C39H22N2S2. The van der Waals surface area contributed by atoms with Crippen LogP contribution in [0.25, 0.3) is 90.0 Å². The van der Waals surface area contributed by atoms with E-state index in [1.807, 2.05) is 22.7 Å². The molecule has 10 rings (SSSR count). The molecule has 0 aliphatic rings. The highest BCUT2D eigenvalue weighted by Crippen LogP contribution is 2.45. The summed E-state index contributed by atoms with van der Waals surface area (Å²) in [6.07, 6.45) is 0. The summed E-state index contributed by atoms with van der Waals surface area (Å²) >= 11 is 3.68. The summed E-state index contributed by atoms with van der Waals surface area (Å²) < 4.78 is 6.37. The van der Waals surface area contributed by atoms with Crippen molar-refractivity contribution in [2.45, 2.75) is 0 Å². The normalized spacial score (nSPS) is 12.2. The predicted octanol–water partition coefficient (Wildman–Crippen LogP) is 11.7. The molecule has 0 unspecified atom stereocenters. The largest absolute Gasteiger partial charge is 0.309 e. The maximum atomic E-state index is 5.21. The van der Waals surface area contributed by atoms with E-state index in [-0.39, 0.29) is 0 Å². The van der Waals surface area contributed by atoms with Crippen LogP contribution in [0.15, 0.2) is 133 Å². The van der Waals surface area contributed by atoms with Gasteiger partial charge in [-0.05, 0) is 58.6 Å². The van der Waals surface area contributed by atoms with Crippen LogP contribution in [0.2, 0.25) is 0 Å². The second-order valence-corrected chi connectivity index (χ2v) is 13.2. The smallest absolute Gasteiger partial charge is 0.125 e. The van der Waals surface area contributed by atoms with Crippen molar-refractivity contribution in [2.75, 3.05) is 0 Å². The number of hydrogen-bond donors (Lipinski definition) is 0. The Labute approximate surface area is 254 Å². The lowest BCUT2D eigenvalue weighted by molar-refractivity contribution is 1.20. The van der Waals surface area contributed by atoms with Gasteiger partial charge in [0.05, 0.1) is 26.9 Å². The van der Waals surface area contributed by atoms with Crippen LogP contribution in [0, 0.1) is 0 Å². The van der Waals surface area contributed by atoms with Crippen LogP contribution in [0.3, 0.4) is 0 Å². The molecule has 10 aromatic rings. The Morgan fingerprint density at radius 3 is 2.12 bits per heavy atom. The lowest BCUT2D eigenvalue weighted by Crippen LogP contribution is -1.96. The number of aromatic nitrogens is 2. The van der Waals surface area contributed by atoms with Gasteiger partial charge in [0.15, 0.2) is 0 Å². The van der Waals surface area contributed by atoms with E-state index in [4.69, 9.17) is 4.98 Å². The van der Waals surface area contributed by atoms with Crippen LogP contribution in [-0.4, -0.2) is 9.55 Å². The molecule has 200 valence electrons. The standard InChI is InChI=1S/C39H22N2S2/c1-2-10-24-23(9-1)17-20-33-36(24)28-13-5-7-15-31(28)41(33)32-21-18-27(25-11-3-4-12-26(25)32)39-40-30-19-22-35-37(38(30)43-39)29-14-6-8-16-34(29)42-35/h1-22H. The van der Waals surface area contributed by atoms with Crippen molar-refractivity contribution in [3.8, 4) is 16.3 Å². The average molecular weight is 583 g/mol. The van der Waals surface area contributed by atoms with Crippen molar-refractivity contribution >= 4 is 96.4 Å². The summed E-state index contributed by atoms with van der Waals surface area (Å²) in [5.74, 6) is 0. The molecule has 0 atom stereocenters. The molecule has 0 N–H and O–H groups in total. The number of thiophene rings is 1. The molecule has 0 saturated heterocycles. The third-order valence-corrected chi connectivity index (χ3v) is 11.1. The maximum Gasteiger partial charge on any atom is 0.125 e. The van der Waals surface area contributed by atoms with Gasteiger partial charge in [-0.1, -0.05) is 91.0 Å².